The predicted molar refractivity (Wildman–Crippen MR) is 54.0 cm³/mol. The highest BCUT2D eigenvalue weighted by molar-refractivity contribution is 5.92. The Hall–Kier alpha value is -1.92. The van der Waals surface area contributed by atoms with Gasteiger partial charge in [-0.3, -0.25) is 14.4 Å². The number of ketones is 1. The SMILES string of the molecule is CCC(=O)[C@H](OC(C)=O)[C@@H](OC(C)=O)C(=O)O. The Balaban J connectivity index is 5.05. The number of Topliss-reactive ketones (excluding diaryl/α,β-unsaturated/α-hetero) is 1. The lowest BCUT2D eigenvalue weighted by Gasteiger charge is -2.21. The third kappa shape index (κ3) is 5.10. The van der Waals surface area contributed by atoms with E-state index in [-0.39, 0.29) is 6.42 Å². The molecule has 0 radical (unpaired) electrons. The first-order chi connectivity index (χ1) is 7.79. The number of carbonyl (C=O) groups excluding carboxylic acids is 3. The molecule has 7 heteroatoms. The van der Waals surface area contributed by atoms with Gasteiger partial charge in [0.2, 0.25) is 12.2 Å². The van der Waals surface area contributed by atoms with Crippen LogP contribution in [0.15, 0.2) is 0 Å². The van der Waals surface area contributed by atoms with E-state index < -0.39 is 35.9 Å². The Morgan fingerprint density at radius 2 is 1.41 bits per heavy atom. The Labute approximate surface area is 97.7 Å². The van der Waals surface area contributed by atoms with E-state index >= 15 is 0 Å². The molecule has 7 nitrogen and oxygen atoms in total. The molecule has 2 atom stereocenters. The summed E-state index contributed by atoms with van der Waals surface area (Å²) in [4.78, 5) is 43.8. The lowest BCUT2D eigenvalue weighted by atomic mass is 10.1. The maximum Gasteiger partial charge on any atom is 0.349 e. The van der Waals surface area contributed by atoms with E-state index in [9.17, 15) is 19.2 Å². The molecule has 0 aliphatic heterocycles. The van der Waals surface area contributed by atoms with Gasteiger partial charge in [-0.25, -0.2) is 4.79 Å². The second kappa shape index (κ2) is 6.62. The highest BCUT2D eigenvalue weighted by Gasteiger charge is 2.38. The van der Waals surface area contributed by atoms with Crippen LogP contribution in [0.2, 0.25) is 0 Å². The van der Waals surface area contributed by atoms with Crippen molar-refractivity contribution < 1.29 is 33.8 Å². The summed E-state index contributed by atoms with van der Waals surface area (Å²) in [6, 6.07) is 0. The van der Waals surface area contributed by atoms with Gasteiger partial charge in [0.15, 0.2) is 5.78 Å². The van der Waals surface area contributed by atoms with E-state index in [1.165, 1.54) is 6.92 Å². The van der Waals surface area contributed by atoms with Crippen molar-refractivity contribution in [3.05, 3.63) is 0 Å². The number of ether oxygens (including phenoxy) is 2. The number of esters is 2. The molecular formula is C10H14O7. The lowest BCUT2D eigenvalue weighted by molar-refractivity contribution is -0.180. The first-order valence-corrected chi connectivity index (χ1v) is 4.89. The zero-order valence-electron chi connectivity index (χ0n) is 9.76. The minimum Gasteiger partial charge on any atom is -0.478 e. The Morgan fingerprint density at radius 3 is 1.71 bits per heavy atom. The molecule has 0 saturated carbocycles. The summed E-state index contributed by atoms with van der Waals surface area (Å²) >= 11 is 0. The molecule has 0 aromatic carbocycles. The molecule has 0 aromatic rings. The fraction of sp³-hybridized carbons (Fsp3) is 0.600. The van der Waals surface area contributed by atoms with Crippen LogP contribution in [0.4, 0.5) is 0 Å². The van der Waals surface area contributed by atoms with Gasteiger partial charge < -0.3 is 14.6 Å². The second-order valence-electron chi connectivity index (χ2n) is 3.22. The third-order valence-electron chi connectivity index (χ3n) is 1.77. The molecule has 0 unspecified atom stereocenters. The van der Waals surface area contributed by atoms with E-state index in [1.807, 2.05) is 0 Å². The number of rotatable bonds is 6. The van der Waals surface area contributed by atoms with Gasteiger partial charge in [0, 0.05) is 20.3 Å². The Bertz CT molecular complexity index is 334. The normalized spacial score (nSPS) is 13.4. The molecule has 0 fully saturated rings. The van der Waals surface area contributed by atoms with Crippen LogP contribution in [-0.2, 0) is 28.7 Å². The number of carbonyl (C=O) groups is 4. The number of hydrogen-bond acceptors (Lipinski definition) is 6. The second-order valence-corrected chi connectivity index (χ2v) is 3.22. The molecule has 0 amide bonds. The predicted octanol–water partition coefficient (Wildman–Crippen LogP) is -0.0865. The summed E-state index contributed by atoms with van der Waals surface area (Å²) < 4.78 is 9.04. The topological polar surface area (TPSA) is 107 Å². The van der Waals surface area contributed by atoms with Gasteiger partial charge in [-0.15, -0.1) is 0 Å². The summed E-state index contributed by atoms with van der Waals surface area (Å²) in [6.07, 6.45) is -3.47. The molecule has 0 bridgehead atoms. The van der Waals surface area contributed by atoms with Crippen LogP contribution in [-0.4, -0.2) is 41.0 Å². The van der Waals surface area contributed by atoms with Crippen LogP contribution in [0.3, 0.4) is 0 Å². The number of hydrogen-bond donors (Lipinski definition) is 1. The van der Waals surface area contributed by atoms with Gasteiger partial charge in [0.1, 0.15) is 0 Å². The van der Waals surface area contributed by atoms with Crippen molar-refractivity contribution >= 4 is 23.7 Å². The molecule has 0 saturated heterocycles. The molecule has 17 heavy (non-hydrogen) atoms. The first-order valence-electron chi connectivity index (χ1n) is 4.89. The zero-order valence-corrected chi connectivity index (χ0v) is 9.76. The van der Waals surface area contributed by atoms with Gasteiger partial charge >= 0.3 is 17.9 Å². The van der Waals surface area contributed by atoms with Crippen LogP contribution in [0.1, 0.15) is 27.2 Å². The van der Waals surface area contributed by atoms with Crippen molar-refractivity contribution in [3.8, 4) is 0 Å². The quantitative estimate of drug-likeness (QED) is 0.652. The summed E-state index contributed by atoms with van der Waals surface area (Å²) in [6.45, 7) is 3.51. The van der Waals surface area contributed by atoms with E-state index in [1.54, 1.807) is 0 Å². The van der Waals surface area contributed by atoms with Gasteiger partial charge in [-0.05, 0) is 0 Å². The highest BCUT2D eigenvalue weighted by Crippen LogP contribution is 2.09. The van der Waals surface area contributed by atoms with Gasteiger partial charge in [-0.1, -0.05) is 6.92 Å². The van der Waals surface area contributed by atoms with Gasteiger partial charge in [0.25, 0.3) is 0 Å². The van der Waals surface area contributed by atoms with Crippen LogP contribution in [0, 0.1) is 0 Å². The zero-order chi connectivity index (χ0) is 13.6. The molecule has 0 spiro atoms. The fourth-order valence-electron chi connectivity index (χ4n) is 1.10. The fourth-order valence-corrected chi connectivity index (χ4v) is 1.10. The van der Waals surface area contributed by atoms with Crippen LogP contribution >= 0.6 is 0 Å². The summed E-state index contributed by atoms with van der Waals surface area (Å²) in [5.74, 6) is -3.88. The lowest BCUT2D eigenvalue weighted by Crippen LogP contribution is -2.45. The molecule has 1 N–H and O–H groups in total. The van der Waals surface area contributed by atoms with E-state index in [0.717, 1.165) is 13.8 Å². The minimum atomic E-state index is -1.82. The van der Waals surface area contributed by atoms with Gasteiger partial charge in [-0.2, -0.15) is 0 Å². The van der Waals surface area contributed by atoms with Crippen molar-refractivity contribution in [1.82, 2.24) is 0 Å². The Kier molecular flexibility index (Phi) is 5.87. The number of aliphatic carboxylic acids is 1. The van der Waals surface area contributed by atoms with Gasteiger partial charge in [0.05, 0.1) is 0 Å². The maximum absolute atomic E-state index is 11.4. The molecule has 0 aromatic heterocycles. The van der Waals surface area contributed by atoms with Crippen molar-refractivity contribution in [1.29, 1.82) is 0 Å². The van der Waals surface area contributed by atoms with Crippen LogP contribution in [0.5, 0.6) is 0 Å². The Morgan fingerprint density at radius 1 is 1.00 bits per heavy atom. The van der Waals surface area contributed by atoms with Crippen molar-refractivity contribution in [2.24, 2.45) is 0 Å². The minimum absolute atomic E-state index is 0.0387. The summed E-state index contributed by atoms with van der Waals surface area (Å²) in [7, 11) is 0. The number of carboxylic acids is 1. The molecule has 96 valence electrons. The molecule has 0 aliphatic rings. The average molecular weight is 246 g/mol. The summed E-state index contributed by atoms with van der Waals surface area (Å²) in [5.41, 5.74) is 0. The molecule has 0 heterocycles. The molecular weight excluding hydrogens is 232 g/mol. The van der Waals surface area contributed by atoms with Crippen molar-refractivity contribution in [2.45, 2.75) is 39.4 Å². The standard InChI is InChI=1S/C10H14O7/c1-4-7(13)8(16-5(2)11)9(10(14)15)17-6(3)12/h8-9H,4H2,1-3H3,(H,14,15)/t8-,9+/m0/s1. The van der Waals surface area contributed by atoms with Crippen LogP contribution < -0.4 is 0 Å². The van der Waals surface area contributed by atoms with E-state index in [4.69, 9.17) is 5.11 Å². The van der Waals surface area contributed by atoms with E-state index in [0.29, 0.717) is 0 Å². The van der Waals surface area contributed by atoms with Crippen molar-refractivity contribution in [3.63, 3.8) is 0 Å². The maximum atomic E-state index is 11.4. The van der Waals surface area contributed by atoms with Crippen molar-refractivity contribution in [2.75, 3.05) is 0 Å². The third-order valence-corrected chi connectivity index (χ3v) is 1.77. The highest BCUT2D eigenvalue weighted by atomic mass is 16.6. The van der Waals surface area contributed by atoms with E-state index in [2.05, 4.69) is 9.47 Å². The smallest absolute Gasteiger partial charge is 0.349 e. The van der Waals surface area contributed by atoms with Crippen LogP contribution in [0.25, 0.3) is 0 Å². The first kappa shape index (κ1) is 15.1. The molecule has 0 rings (SSSR count). The summed E-state index contributed by atoms with van der Waals surface area (Å²) in [5, 5.41) is 8.83. The monoisotopic (exact) mass is 246 g/mol. The largest absolute Gasteiger partial charge is 0.478 e. The average Bonchev–Trinajstić information content (AvgIpc) is 2.21. The number of carboxylic acid groups (broad SMARTS) is 1. The molecule has 0 aliphatic carbocycles.